The van der Waals surface area contributed by atoms with Gasteiger partial charge in [-0.25, -0.2) is 0 Å². The van der Waals surface area contributed by atoms with Crippen LogP contribution in [-0.4, -0.2) is 0 Å². The van der Waals surface area contributed by atoms with Crippen LogP contribution in [0.15, 0.2) is 0 Å². The van der Waals surface area contributed by atoms with Gasteiger partial charge in [-0.3, -0.25) is 0 Å². The Bertz CT molecular complexity index is 16.8. The largest absolute Gasteiger partial charge is 1.00 e. The van der Waals surface area contributed by atoms with Crippen LogP contribution >= 0.6 is 0 Å². The minimum atomic E-state index is 0. The number of rotatable bonds is 0. The molecule has 0 saturated carbocycles. The van der Waals surface area contributed by atoms with E-state index in [4.69, 9.17) is 0 Å². The Morgan fingerprint density at radius 1 is 1.00 bits per heavy atom. The van der Waals surface area contributed by atoms with Crippen LogP contribution in [0.1, 0.15) is 0 Å². The van der Waals surface area contributed by atoms with E-state index < -0.39 is 0 Å². The molecule has 0 aliphatic carbocycles. The summed E-state index contributed by atoms with van der Waals surface area (Å²) in [5.74, 6) is 0. The summed E-state index contributed by atoms with van der Waals surface area (Å²) in [5, 5.41) is 3.67. The van der Waals surface area contributed by atoms with Gasteiger partial charge in [0.2, 0.25) is 0 Å². The first-order chi connectivity index (χ1) is 2.00. The molecule has 0 aromatic rings. The average Bonchev–Trinajstić information content (AvgIpc) is 0.722. The molecule has 0 amide bonds. The quantitative estimate of drug-likeness (QED) is 0.328. The van der Waals surface area contributed by atoms with E-state index in [0.717, 1.165) is 6.79 Å². The maximum absolute atomic E-state index is 3.88. The van der Waals surface area contributed by atoms with Crippen LogP contribution in [0.2, 0.25) is 0 Å². The molecule has 1 heterocycles. The van der Waals surface area contributed by atoms with Crippen LogP contribution < -0.4 is 138 Å². The topological polar surface area (TPSA) is 27.7 Å². The number of hydrogen-bond donors (Lipinski definition) is 0. The molecule has 3 nitrogen and oxygen atoms in total. The van der Waals surface area contributed by atoms with Gasteiger partial charge in [0.25, 0.3) is 0 Å². The van der Waals surface area contributed by atoms with E-state index in [1.807, 2.05) is 0 Å². The fourth-order valence-corrected chi connectivity index (χ4v) is 0.0393. The maximum Gasteiger partial charge on any atom is 1.00 e. The molecule has 0 unspecified atom stereocenters. The standard InChI is InChI=1S/CHO3.2Cs/c1-2-4-3-1;;/h1H;;/q-1;2*+1. The van der Waals surface area contributed by atoms with E-state index in [1.54, 1.807) is 0 Å². The molecule has 1 saturated heterocycles. The number of hydrogen-bond acceptors (Lipinski definition) is 3. The third-order valence-corrected chi connectivity index (χ3v) is 0.157. The van der Waals surface area contributed by atoms with Crippen LogP contribution in [0.25, 0.3) is 0 Å². The first-order valence-corrected chi connectivity index (χ1v) is 0.805. The fraction of sp³-hybridized carbons (Fsp3) is 0. The normalized spacial score (nSPS) is 16.0. The Morgan fingerprint density at radius 3 is 1.17 bits per heavy atom. The Hall–Kier alpha value is 3.98. The predicted molar refractivity (Wildman–Crippen MR) is 7.55 cm³/mol. The zero-order valence-corrected chi connectivity index (χ0v) is 16.4. The molecule has 0 spiro atoms. The van der Waals surface area contributed by atoms with Crippen LogP contribution in [0, 0.1) is 6.79 Å². The second kappa shape index (κ2) is 8.98. The van der Waals surface area contributed by atoms with Gasteiger partial charge >= 0.3 is 138 Å². The van der Waals surface area contributed by atoms with Crippen molar-refractivity contribution in [3.05, 3.63) is 6.79 Å². The maximum atomic E-state index is 3.88. The molecule has 0 aromatic heterocycles. The molecule has 0 N–H and O–H groups in total. The molecule has 0 bridgehead atoms. The van der Waals surface area contributed by atoms with Crippen LogP contribution in [-0.2, 0) is 14.8 Å². The summed E-state index contributed by atoms with van der Waals surface area (Å²) < 4.78 is 0. The third-order valence-electron chi connectivity index (χ3n) is 0.157. The summed E-state index contributed by atoms with van der Waals surface area (Å²) in [7, 11) is 0. The van der Waals surface area contributed by atoms with Crippen molar-refractivity contribution in [2.24, 2.45) is 0 Å². The van der Waals surface area contributed by atoms with Gasteiger partial charge in [0.05, 0.1) is 0 Å². The van der Waals surface area contributed by atoms with Gasteiger partial charge < -0.3 is 9.78 Å². The summed E-state index contributed by atoms with van der Waals surface area (Å²) in [4.78, 5) is 7.75. The zero-order chi connectivity index (χ0) is 2.83. The molecule has 0 atom stereocenters. The Balaban J connectivity index is 0. The van der Waals surface area contributed by atoms with Gasteiger partial charge in [-0.1, -0.05) is 0 Å². The third kappa shape index (κ3) is 6.11. The van der Waals surface area contributed by atoms with Crippen molar-refractivity contribution in [1.82, 2.24) is 0 Å². The Morgan fingerprint density at radius 2 is 1.17 bits per heavy atom. The van der Waals surface area contributed by atoms with Crippen LogP contribution in [0.5, 0.6) is 0 Å². The van der Waals surface area contributed by atoms with Crippen LogP contribution in [0.3, 0.4) is 0 Å². The predicted octanol–water partition coefficient (Wildman–Crippen LogP) is -5.99. The molecular formula is CHCs2O3+. The minimum absolute atomic E-state index is 0. The molecule has 6 heavy (non-hydrogen) atoms. The van der Waals surface area contributed by atoms with Crippen molar-refractivity contribution >= 4 is 0 Å². The SMILES string of the molecule is [CH-]1OOO1.[Cs+].[Cs+]. The van der Waals surface area contributed by atoms with Gasteiger partial charge in [0.1, 0.15) is 0 Å². The first kappa shape index (κ1) is 12.6. The van der Waals surface area contributed by atoms with Gasteiger partial charge in [0.15, 0.2) is 0 Å². The van der Waals surface area contributed by atoms with E-state index >= 15 is 0 Å². The molecule has 1 aliphatic rings. The summed E-state index contributed by atoms with van der Waals surface area (Å²) >= 11 is 0. The van der Waals surface area contributed by atoms with Crippen molar-refractivity contribution in [3.8, 4) is 0 Å². The monoisotopic (exact) mass is 327 g/mol. The van der Waals surface area contributed by atoms with E-state index in [2.05, 4.69) is 14.8 Å². The first-order valence-electron chi connectivity index (χ1n) is 0.805. The Labute approximate surface area is 154 Å². The molecule has 5 heteroatoms. The summed E-state index contributed by atoms with van der Waals surface area (Å²) in [6, 6.07) is 0. The zero-order valence-electron chi connectivity index (χ0n) is 3.80. The van der Waals surface area contributed by atoms with Crippen molar-refractivity contribution in [2.45, 2.75) is 0 Å². The van der Waals surface area contributed by atoms with Gasteiger partial charge in [-0.15, -0.1) is 5.04 Å². The van der Waals surface area contributed by atoms with Gasteiger partial charge in [0, 0.05) is 0 Å². The van der Waals surface area contributed by atoms with Gasteiger partial charge in [-0.2, -0.15) is 0 Å². The fourth-order valence-electron chi connectivity index (χ4n) is 0.0393. The van der Waals surface area contributed by atoms with Crippen molar-refractivity contribution in [1.29, 1.82) is 0 Å². The molecule has 0 aromatic carbocycles. The van der Waals surface area contributed by atoms with E-state index in [0.29, 0.717) is 0 Å². The second-order valence-corrected chi connectivity index (χ2v) is 0.357. The average molecular weight is 327 g/mol. The minimum Gasteiger partial charge on any atom is -0.354 e. The van der Waals surface area contributed by atoms with Crippen molar-refractivity contribution in [2.75, 3.05) is 0 Å². The van der Waals surface area contributed by atoms with Crippen LogP contribution in [0.4, 0.5) is 0 Å². The van der Waals surface area contributed by atoms with Gasteiger partial charge in [-0.05, 0) is 6.79 Å². The van der Waals surface area contributed by atoms with E-state index in [1.165, 1.54) is 0 Å². The molecular weight excluding hydrogens is 326 g/mol. The second-order valence-electron chi connectivity index (χ2n) is 0.357. The molecule has 24 valence electrons. The van der Waals surface area contributed by atoms with Crippen molar-refractivity contribution in [3.63, 3.8) is 0 Å². The van der Waals surface area contributed by atoms with E-state index in [9.17, 15) is 0 Å². The Kier molecular flexibility index (Phi) is 18.9. The molecule has 0 radical (unpaired) electrons. The summed E-state index contributed by atoms with van der Waals surface area (Å²) in [6.07, 6.45) is 0. The smallest absolute Gasteiger partial charge is 0.354 e. The van der Waals surface area contributed by atoms with Crippen molar-refractivity contribution < 1.29 is 153 Å². The molecule has 1 fully saturated rings. The summed E-state index contributed by atoms with van der Waals surface area (Å²) in [6.45, 7) is 1.08. The molecule has 1 aliphatic heterocycles. The molecule has 1 rings (SSSR count). The van der Waals surface area contributed by atoms with E-state index in [-0.39, 0.29) is 138 Å². The summed E-state index contributed by atoms with van der Waals surface area (Å²) in [5.41, 5.74) is 0.